The van der Waals surface area contributed by atoms with E-state index in [2.05, 4.69) is 45.2 Å². The second-order valence-corrected chi connectivity index (χ2v) is 6.47. The summed E-state index contributed by atoms with van der Waals surface area (Å²) in [6.07, 6.45) is 4.62. The Morgan fingerprint density at radius 1 is 1.00 bits per heavy atom. The minimum atomic E-state index is 0.562. The summed E-state index contributed by atoms with van der Waals surface area (Å²) in [4.78, 5) is 4.01. The average molecular weight is 350 g/mol. The lowest BCUT2D eigenvalue weighted by Crippen LogP contribution is -2.17. The van der Waals surface area contributed by atoms with Crippen LogP contribution in [0.5, 0.6) is 5.75 Å². The number of hydrogen-bond donors (Lipinski definition) is 1. The molecule has 0 saturated heterocycles. The summed E-state index contributed by atoms with van der Waals surface area (Å²) in [5.74, 6) is 0.884. The fourth-order valence-corrected chi connectivity index (χ4v) is 2.84. The molecular weight excluding hydrogens is 324 g/mol. The molecule has 3 rings (SSSR count). The Morgan fingerprint density at radius 2 is 1.77 bits per heavy atom. The van der Waals surface area contributed by atoms with Gasteiger partial charge in [-0.2, -0.15) is 5.10 Å². The Bertz CT molecular complexity index is 797. The monoisotopic (exact) mass is 350 g/mol. The lowest BCUT2D eigenvalue weighted by atomic mass is 10.2. The van der Waals surface area contributed by atoms with E-state index in [0.29, 0.717) is 6.61 Å². The van der Waals surface area contributed by atoms with Crippen molar-refractivity contribution in [1.82, 2.24) is 20.1 Å². The second kappa shape index (κ2) is 9.15. The van der Waals surface area contributed by atoms with Crippen LogP contribution >= 0.6 is 0 Å². The first-order valence-electron chi connectivity index (χ1n) is 9.03. The Hall–Kier alpha value is -2.66. The molecule has 0 radical (unpaired) electrons. The molecular formula is C21H26N4O. The van der Waals surface area contributed by atoms with E-state index in [-0.39, 0.29) is 0 Å². The minimum Gasteiger partial charge on any atom is -0.489 e. The summed E-state index contributed by atoms with van der Waals surface area (Å²) in [6.45, 7) is 7.49. The normalized spacial score (nSPS) is 10.8. The van der Waals surface area contributed by atoms with Gasteiger partial charge in [-0.3, -0.25) is 9.67 Å². The number of aryl methyl sites for hydroxylation is 3. The maximum absolute atomic E-state index is 5.79. The third kappa shape index (κ3) is 5.43. The Morgan fingerprint density at radius 3 is 2.46 bits per heavy atom. The maximum Gasteiger partial charge on any atom is 0.119 e. The van der Waals surface area contributed by atoms with Gasteiger partial charge in [0.15, 0.2) is 0 Å². The van der Waals surface area contributed by atoms with Gasteiger partial charge in [0.2, 0.25) is 0 Å². The minimum absolute atomic E-state index is 0.562. The molecule has 0 atom stereocenters. The fourth-order valence-electron chi connectivity index (χ4n) is 2.84. The van der Waals surface area contributed by atoms with Crippen LogP contribution in [0.1, 0.15) is 28.9 Å². The van der Waals surface area contributed by atoms with Crippen LogP contribution in [0, 0.1) is 13.8 Å². The topological polar surface area (TPSA) is 52.0 Å². The van der Waals surface area contributed by atoms with Crippen molar-refractivity contribution < 1.29 is 4.74 Å². The van der Waals surface area contributed by atoms with E-state index in [1.165, 1.54) is 11.3 Å². The van der Waals surface area contributed by atoms with Gasteiger partial charge < -0.3 is 10.1 Å². The molecule has 0 unspecified atom stereocenters. The van der Waals surface area contributed by atoms with E-state index >= 15 is 0 Å². The standard InChI is InChI=1S/C21H26N4O/c1-17-14-18(2)25(24-17)13-3-10-23-15-19-4-6-21(7-5-19)26-16-20-8-11-22-12-9-20/h4-9,11-12,14,23H,3,10,13,15-16H2,1-2H3. The lowest BCUT2D eigenvalue weighted by molar-refractivity contribution is 0.306. The van der Waals surface area contributed by atoms with Crippen LogP contribution in [-0.4, -0.2) is 21.3 Å². The third-order valence-corrected chi connectivity index (χ3v) is 4.23. The van der Waals surface area contributed by atoms with Gasteiger partial charge in [-0.25, -0.2) is 0 Å². The molecule has 0 aliphatic rings. The summed E-state index contributed by atoms with van der Waals surface area (Å²) in [5.41, 5.74) is 4.69. The first-order valence-corrected chi connectivity index (χ1v) is 9.03. The highest BCUT2D eigenvalue weighted by molar-refractivity contribution is 5.27. The van der Waals surface area contributed by atoms with Crippen molar-refractivity contribution in [2.45, 2.75) is 40.0 Å². The van der Waals surface area contributed by atoms with Gasteiger partial charge in [-0.1, -0.05) is 12.1 Å². The number of rotatable bonds is 9. The highest BCUT2D eigenvalue weighted by Crippen LogP contribution is 2.14. The molecule has 2 aromatic heterocycles. The van der Waals surface area contributed by atoms with Gasteiger partial charge >= 0.3 is 0 Å². The first kappa shape index (κ1) is 18.1. The van der Waals surface area contributed by atoms with Crippen molar-refractivity contribution in [3.63, 3.8) is 0 Å². The molecule has 1 aromatic carbocycles. The highest BCUT2D eigenvalue weighted by atomic mass is 16.5. The molecule has 0 fully saturated rings. The maximum atomic E-state index is 5.79. The number of nitrogens with one attached hydrogen (secondary N) is 1. The molecule has 0 saturated carbocycles. The average Bonchev–Trinajstić information content (AvgIpc) is 2.99. The van der Waals surface area contributed by atoms with Gasteiger partial charge in [-0.05, 0) is 68.3 Å². The van der Waals surface area contributed by atoms with Gasteiger partial charge in [0.25, 0.3) is 0 Å². The van der Waals surface area contributed by atoms with Gasteiger partial charge in [-0.15, -0.1) is 0 Å². The SMILES string of the molecule is Cc1cc(C)n(CCCNCc2ccc(OCc3ccncc3)cc2)n1. The molecule has 0 bridgehead atoms. The van der Waals surface area contributed by atoms with Crippen molar-refractivity contribution in [3.05, 3.63) is 77.4 Å². The molecule has 0 aliphatic heterocycles. The number of benzene rings is 1. The van der Waals surface area contributed by atoms with Crippen molar-refractivity contribution in [3.8, 4) is 5.75 Å². The number of nitrogens with zero attached hydrogens (tertiary/aromatic N) is 3. The van der Waals surface area contributed by atoms with E-state index in [4.69, 9.17) is 4.74 Å². The number of ether oxygens (including phenoxy) is 1. The van der Waals surface area contributed by atoms with Crippen LogP contribution in [0.4, 0.5) is 0 Å². The second-order valence-electron chi connectivity index (χ2n) is 6.47. The summed E-state index contributed by atoms with van der Waals surface area (Å²) < 4.78 is 7.87. The smallest absolute Gasteiger partial charge is 0.119 e. The van der Waals surface area contributed by atoms with Crippen LogP contribution in [0.2, 0.25) is 0 Å². The van der Waals surface area contributed by atoms with Crippen LogP contribution in [0.3, 0.4) is 0 Å². The molecule has 2 heterocycles. The summed E-state index contributed by atoms with van der Waals surface area (Å²) in [5, 5.41) is 7.97. The van der Waals surface area contributed by atoms with E-state index in [1.54, 1.807) is 12.4 Å². The molecule has 3 aromatic rings. The summed E-state index contributed by atoms with van der Waals surface area (Å²) >= 11 is 0. The predicted molar refractivity (Wildman–Crippen MR) is 103 cm³/mol. The van der Waals surface area contributed by atoms with Gasteiger partial charge in [0.1, 0.15) is 12.4 Å². The van der Waals surface area contributed by atoms with E-state index in [1.807, 2.05) is 31.2 Å². The lowest BCUT2D eigenvalue weighted by Gasteiger charge is -2.09. The number of pyridine rings is 1. The Kier molecular flexibility index (Phi) is 6.39. The largest absolute Gasteiger partial charge is 0.489 e. The molecule has 5 heteroatoms. The van der Waals surface area contributed by atoms with Crippen molar-refractivity contribution >= 4 is 0 Å². The van der Waals surface area contributed by atoms with Crippen molar-refractivity contribution in [1.29, 1.82) is 0 Å². The van der Waals surface area contributed by atoms with Crippen molar-refractivity contribution in [2.75, 3.05) is 6.54 Å². The Balaban J connectivity index is 1.35. The zero-order valence-corrected chi connectivity index (χ0v) is 15.5. The predicted octanol–water partition coefficient (Wildman–Crippen LogP) is 3.65. The molecule has 26 heavy (non-hydrogen) atoms. The van der Waals surface area contributed by atoms with Crippen LogP contribution in [0.25, 0.3) is 0 Å². The quantitative estimate of drug-likeness (QED) is 0.599. The first-order chi connectivity index (χ1) is 12.7. The molecule has 5 nitrogen and oxygen atoms in total. The molecule has 136 valence electrons. The molecule has 0 spiro atoms. The van der Waals surface area contributed by atoms with E-state index in [9.17, 15) is 0 Å². The zero-order chi connectivity index (χ0) is 18.2. The van der Waals surface area contributed by atoms with Gasteiger partial charge in [0, 0.05) is 31.2 Å². The number of hydrogen-bond acceptors (Lipinski definition) is 4. The summed E-state index contributed by atoms with van der Waals surface area (Å²) in [6, 6.07) is 14.3. The fraction of sp³-hybridized carbons (Fsp3) is 0.333. The van der Waals surface area contributed by atoms with E-state index in [0.717, 1.165) is 43.1 Å². The Labute approximate surface area is 155 Å². The van der Waals surface area contributed by atoms with Crippen LogP contribution in [0.15, 0.2) is 54.9 Å². The zero-order valence-electron chi connectivity index (χ0n) is 15.5. The number of aromatic nitrogens is 3. The molecule has 0 aliphatic carbocycles. The third-order valence-electron chi connectivity index (χ3n) is 4.23. The van der Waals surface area contributed by atoms with Crippen LogP contribution in [-0.2, 0) is 19.7 Å². The van der Waals surface area contributed by atoms with Crippen molar-refractivity contribution in [2.24, 2.45) is 0 Å². The molecule has 0 amide bonds. The van der Waals surface area contributed by atoms with Gasteiger partial charge in [0.05, 0.1) is 5.69 Å². The summed E-state index contributed by atoms with van der Waals surface area (Å²) in [7, 11) is 0. The molecule has 1 N–H and O–H groups in total. The van der Waals surface area contributed by atoms with Crippen LogP contribution < -0.4 is 10.1 Å². The van der Waals surface area contributed by atoms with E-state index < -0.39 is 0 Å². The highest BCUT2D eigenvalue weighted by Gasteiger charge is 2.01.